The molecule has 0 fully saturated rings. The van der Waals surface area contributed by atoms with Crippen molar-refractivity contribution in [2.45, 2.75) is 6.54 Å². The van der Waals surface area contributed by atoms with Crippen LogP contribution in [0.3, 0.4) is 0 Å². The zero-order valence-electron chi connectivity index (χ0n) is 12.7. The van der Waals surface area contributed by atoms with Gasteiger partial charge in [-0.2, -0.15) is 0 Å². The van der Waals surface area contributed by atoms with E-state index in [0.717, 1.165) is 16.7 Å². The van der Waals surface area contributed by atoms with E-state index in [1.54, 1.807) is 22.6 Å². The van der Waals surface area contributed by atoms with Crippen molar-refractivity contribution in [3.8, 4) is 0 Å². The van der Waals surface area contributed by atoms with Gasteiger partial charge in [0.2, 0.25) is 5.28 Å². The smallest absolute Gasteiger partial charge is 0.254 e. The number of amides is 1. The standard InChI is InChI=1S/C16H17ClN4O/c1-19-8-4-5-12(19)10-20(2)15(22)11-6-7-14-13(9-11)18-16(17)21(14)3/h4-9H,10H2,1-3H3. The average molecular weight is 317 g/mol. The quantitative estimate of drug-likeness (QED) is 0.745. The summed E-state index contributed by atoms with van der Waals surface area (Å²) in [4.78, 5) is 18.5. The van der Waals surface area contributed by atoms with Crippen LogP contribution in [0.5, 0.6) is 0 Å². The number of hydrogen-bond donors (Lipinski definition) is 0. The predicted octanol–water partition coefficient (Wildman–Crippen LogP) is 2.84. The Kier molecular flexibility index (Phi) is 3.66. The van der Waals surface area contributed by atoms with Crippen LogP contribution in [-0.4, -0.2) is 32.0 Å². The number of aromatic nitrogens is 3. The molecule has 0 aliphatic heterocycles. The largest absolute Gasteiger partial charge is 0.353 e. The second kappa shape index (κ2) is 5.50. The van der Waals surface area contributed by atoms with Crippen molar-refractivity contribution in [3.05, 3.63) is 53.1 Å². The molecule has 6 heteroatoms. The van der Waals surface area contributed by atoms with Crippen molar-refractivity contribution in [3.63, 3.8) is 0 Å². The number of nitrogens with zero attached hydrogens (tertiary/aromatic N) is 4. The maximum atomic E-state index is 12.6. The number of carbonyl (C=O) groups is 1. The Morgan fingerprint density at radius 2 is 2.09 bits per heavy atom. The third kappa shape index (κ3) is 2.48. The first-order valence-electron chi connectivity index (χ1n) is 6.95. The second-order valence-corrected chi connectivity index (χ2v) is 5.75. The van der Waals surface area contributed by atoms with Gasteiger partial charge < -0.3 is 14.0 Å². The van der Waals surface area contributed by atoms with Crippen LogP contribution in [0.15, 0.2) is 36.5 Å². The fourth-order valence-electron chi connectivity index (χ4n) is 2.50. The van der Waals surface area contributed by atoms with Crippen LogP contribution >= 0.6 is 11.6 Å². The van der Waals surface area contributed by atoms with Gasteiger partial charge in [0.25, 0.3) is 5.91 Å². The molecule has 1 aromatic carbocycles. The van der Waals surface area contributed by atoms with Gasteiger partial charge in [-0.05, 0) is 41.9 Å². The molecule has 0 atom stereocenters. The third-order valence-electron chi connectivity index (χ3n) is 3.87. The van der Waals surface area contributed by atoms with E-state index >= 15 is 0 Å². The highest BCUT2D eigenvalue weighted by Gasteiger charge is 2.15. The number of aryl methyl sites for hydroxylation is 2. The second-order valence-electron chi connectivity index (χ2n) is 5.41. The van der Waals surface area contributed by atoms with E-state index in [-0.39, 0.29) is 5.91 Å². The first-order chi connectivity index (χ1) is 10.5. The summed E-state index contributed by atoms with van der Waals surface area (Å²) in [5.41, 5.74) is 3.33. The van der Waals surface area contributed by atoms with E-state index in [1.165, 1.54) is 0 Å². The Morgan fingerprint density at radius 3 is 2.77 bits per heavy atom. The minimum atomic E-state index is -0.0372. The normalized spacial score (nSPS) is 11.1. The molecule has 3 rings (SSSR count). The van der Waals surface area contributed by atoms with Gasteiger partial charge in [0.1, 0.15) is 0 Å². The minimum absolute atomic E-state index is 0.0372. The van der Waals surface area contributed by atoms with Crippen molar-refractivity contribution in [2.24, 2.45) is 14.1 Å². The molecule has 0 bridgehead atoms. The van der Waals surface area contributed by atoms with Gasteiger partial charge in [-0.25, -0.2) is 4.98 Å². The van der Waals surface area contributed by atoms with Gasteiger partial charge in [0.15, 0.2) is 0 Å². The number of imidazole rings is 1. The highest BCUT2D eigenvalue weighted by atomic mass is 35.5. The summed E-state index contributed by atoms with van der Waals surface area (Å²) in [5, 5.41) is 0.414. The first kappa shape index (κ1) is 14.7. The van der Waals surface area contributed by atoms with Crippen molar-refractivity contribution in [1.29, 1.82) is 0 Å². The molecule has 2 heterocycles. The Morgan fingerprint density at radius 1 is 1.32 bits per heavy atom. The molecular weight excluding hydrogens is 300 g/mol. The van der Waals surface area contributed by atoms with Crippen LogP contribution in [0.25, 0.3) is 11.0 Å². The van der Waals surface area contributed by atoms with Crippen LogP contribution < -0.4 is 0 Å². The molecule has 3 aromatic rings. The maximum Gasteiger partial charge on any atom is 0.254 e. The lowest BCUT2D eigenvalue weighted by Crippen LogP contribution is -2.27. The highest BCUT2D eigenvalue weighted by molar-refractivity contribution is 6.29. The lowest BCUT2D eigenvalue weighted by atomic mass is 10.1. The number of hydrogen-bond acceptors (Lipinski definition) is 2. The summed E-state index contributed by atoms with van der Waals surface area (Å²) in [6.07, 6.45) is 1.97. The van der Waals surface area contributed by atoms with Crippen LogP contribution in [0.4, 0.5) is 0 Å². The fraction of sp³-hybridized carbons (Fsp3) is 0.250. The molecule has 0 spiro atoms. The van der Waals surface area contributed by atoms with Gasteiger partial charge in [0, 0.05) is 38.6 Å². The number of rotatable bonds is 3. The topological polar surface area (TPSA) is 43.1 Å². The van der Waals surface area contributed by atoms with Crippen molar-refractivity contribution >= 4 is 28.5 Å². The average Bonchev–Trinajstić information content (AvgIpc) is 3.02. The molecule has 0 radical (unpaired) electrons. The molecule has 2 aromatic heterocycles. The van der Waals surface area contributed by atoms with Crippen molar-refractivity contribution in [1.82, 2.24) is 19.0 Å². The number of carbonyl (C=O) groups excluding carboxylic acids is 1. The molecule has 0 aliphatic rings. The lowest BCUT2D eigenvalue weighted by molar-refractivity contribution is 0.0782. The summed E-state index contributed by atoms with van der Waals surface area (Å²) in [5.74, 6) is -0.0372. The van der Waals surface area contributed by atoms with E-state index in [9.17, 15) is 4.79 Å². The van der Waals surface area contributed by atoms with E-state index in [4.69, 9.17) is 11.6 Å². The Labute approximate surface area is 133 Å². The Balaban J connectivity index is 1.86. The molecule has 22 heavy (non-hydrogen) atoms. The maximum absolute atomic E-state index is 12.6. The summed E-state index contributed by atoms with van der Waals surface area (Å²) >= 11 is 6.01. The first-order valence-corrected chi connectivity index (χ1v) is 7.33. The zero-order chi connectivity index (χ0) is 15.9. The molecule has 0 unspecified atom stereocenters. The zero-order valence-corrected chi connectivity index (χ0v) is 13.5. The molecule has 1 amide bonds. The summed E-state index contributed by atoms with van der Waals surface area (Å²) in [6.45, 7) is 0.559. The minimum Gasteiger partial charge on any atom is -0.353 e. The van der Waals surface area contributed by atoms with Crippen molar-refractivity contribution < 1.29 is 4.79 Å². The van der Waals surface area contributed by atoms with Crippen LogP contribution in [0.1, 0.15) is 16.1 Å². The summed E-state index contributed by atoms with van der Waals surface area (Å²) in [6, 6.07) is 9.44. The van der Waals surface area contributed by atoms with Gasteiger partial charge in [0.05, 0.1) is 17.6 Å². The SMILES string of the molecule is CN(Cc1cccn1C)C(=O)c1ccc2c(c1)nc(Cl)n2C. The van der Waals surface area contributed by atoms with Gasteiger partial charge >= 0.3 is 0 Å². The van der Waals surface area contributed by atoms with E-state index in [0.29, 0.717) is 17.4 Å². The Hall–Kier alpha value is -2.27. The van der Waals surface area contributed by atoms with Gasteiger partial charge in [-0.1, -0.05) is 0 Å². The number of fused-ring (bicyclic) bond motifs is 1. The highest BCUT2D eigenvalue weighted by Crippen LogP contribution is 2.20. The third-order valence-corrected chi connectivity index (χ3v) is 4.21. The number of halogens is 1. The molecule has 0 saturated carbocycles. The van der Waals surface area contributed by atoms with E-state index in [2.05, 4.69) is 4.98 Å². The molecule has 0 aliphatic carbocycles. The van der Waals surface area contributed by atoms with Gasteiger partial charge in [-0.3, -0.25) is 4.79 Å². The molecule has 5 nitrogen and oxygen atoms in total. The number of benzene rings is 1. The monoisotopic (exact) mass is 316 g/mol. The van der Waals surface area contributed by atoms with Crippen LogP contribution in [0, 0.1) is 0 Å². The predicted molar refractivity (Wildman–Crippen MR) is 86.9 cm³/mol. The van der Waals surface area contributed by atoms with Crippen molar-refractivity contribution in [2.75, 3.05) is 7.05 Å². The Bertz CT molecular complexity index is 849. The molecule has 0 N–H and O–H groups in total. The molecule has 114 valence electrons. The lowest BCUT2D eigenvalue weighted by Gasteiger charge is -2.17. The van der Waals surface area contributed by atoms with Crippen LogP contribution in [-0.2, 0) is 20.6 Å². The van der Waals surface area contributed by atoms with Crippen LogP contribution in [0.2, 0.25) is 5.28 Å². The molecular formula is C16H17ClN4O. The fourth-order valence-corrected chi connectivity index (χ4v) is 2.68. The van der Waals surface area contributed by atoms with Gasteiger partial charge in [-0.15, -0.1) is 0 Å². The summed E-state index contributed by atoms with van der Waals surface area (Å²) < 4.78 is 3.80. The summed E-state index contributed by atoms with van der Waals surface area (Å²) in [7, 11) is 5.61. The molecule has 0 saturated heterocycles. The van der Waals surface area contributed by atoms with E-state index < -0.39 is 0 Å². The van der Waals surface area contributed by atoms with E-state index in [1.807, 2.05) is 49.1 Å².